The van der Waals surface area contributed by atoms with Gasteiger partial charge in [0.05, 0.1) is 18.9 Å². The lowest BCUT2D eigenvalue weighted by atomic mass is 10.2. The van der Waals surface area contributed by atoms with E-state index >= 15 is 0 Å². The molecule has 154 valence electrons. The standard InChI is InChI=1S/C20H28NO5PS/c1-4-25-27(23,26-5-2)19(20-12-9-15-28-20)13-14-21(17(3)22)24-16-18-10-7-6-8-11-18/h6-12,15,19H,4-5,13-14,16H2,1-3H3. The van der Waals surface area contributed by atoms with E-state index in [-0.39, 0.29) is 12.5 Å². The van der Waals surface area contributed by atoms with Crippen molar-refractivity contribution in [1.29, 1.82) is 0 Å². The second-order valence-electron chi connectivity index (χ2n) is 6.08. The van der Waals surface area contributed by atoms with Crippen molar-refractivity contribution < 1.29 is 23.2 Å². The summed E-state index contributed by atoms with van der Waals surface area (Å²) in [5.41, 5.74) is 0.521. The van der Waals surface area contributed by atoms with Gasteiger partial charge in [-0.1, -0.05) is 36.4 Å². The highest BCUT2D eigenvalue weighted by Gasteiger charge is 2.37. The van der Waals surface area contributed by atoms with Gasteiger partial charge in [-0.15, -0.1) is 11.3 Å². The fourth-order valence-electron chi connectivity index (χ4n) is 2.79. The van der Waals surface area contributed by atoms with Gasteiger partial charge in [0, 0.05) is 18.3 Å². The van der Waals surface area contributed by atoms with Gasteiger partial charge in [0.2, 0.25) is 5.91 Å². The molecule has 0 aliphatic heterocycles. The van der Waals surface area contributed by atoms with E-state index in [9.17, 15) is 9.36 Å². The quantitative estimate of drug-likeness (QED) is 0.335. The number of rotatable bonds is 12. The number of hydroxylamine groups is 2. The van der Waals surface area contributed by atoms with Crippen LogP contribution in [-0.2, 0) is 29.9 Å². The largest absolute Gasteiger partial charge is 0.338 e. The monoisotopic (exact) mass is 425 g/mol. The van der Waals surface area contributed by atoms with Crippen molar-refractivity contribution in [2.45, 2.75) is 39.5 Å². The first kappa shape index (κ1) is 22.8. The average molecular weight is 425 g/mol. The van der Waals surface area contributed by atoms with Gasteiger partial charge in [0.25, 0.3) is 0 Å². The Labute approximate surface area is 170 Å². The van der Waals surface area contributed by atoms with Crippen molar-refractivity contribution in [2.75, 3.05) is 19.8 Å². The van der Waals surface area contributed by atoms with Gasteiger partial charge >= 0.3 is 7.60 Å². The maximum atomic E-state index is 13.4. The predicted octanol–water partition coefficient (Wildman–Crippen LogP) is 5.43. The molecule has 8 heteroatoms. The third-order valence-corrected chi connectivity index (χ3v) is 7.75. The number of benzene rings is 1. The van der Waals surface area contributed by atoms with E-state index in [4.69, 9.17) is 13.9 Å². The molecular weight excluding hydrogens is 397 g/mol. The van der Waals surface area contributed by atoms with Crippen LogP contribution < -0.4 is 0 Å². The van der Waals surface area contributed by atoms with Crippen molar-refractivity contribution >= 4 is 24.8 Å². The van der Waals surface area contributed by atoms with E-state index in [0.717, 1.165) is 10.4 Å². The molecule has 1 aromatic heterocycles. The van der Waals surface area contributed by atoms with Crippen LogP contribution in [0.25, 0.3) is 0 Å². The first-order valence-corrected chi connectivity index (χ1v) is 11.9. The number of hydrogen-bond acceptors (Lipinski definition) is 6. The van der Waals surface area contributed by atoms with Gasteiger partial charge in [-0.05, 0) is 37.3 Å². The summed E-state index contributed by atoms with van der Waals surface area (Å²) in [6.45, 7) is 6.20. The number of thiophene rings is 1. The van der Waals surface area contributed by atoms with Crippen molar-refractivity contribution in [1.82, 2.24) is 5.06 Å². The highest BCUT2D eigenvalue weighted by molar-refractivity contribution is 7.54. The number of carbonyl (C=O) groups excluding carboxylic acids is 1. The third kappa shape index (κ3) is 6.54. The molecule has 1 heterocycles. The van der Waals surface area contributed by atoms with Gasteiger partial charge in [-0.25, -0.2) is 5.06 Å². The smallest absolute Gasteiger partial charge is 0.308 e. The lowest BCUT2D eigenvalue weighted by Gasteiger charge is -2.28. The fourth-order valence-corrected chi connectivity index (χ4v) is 6.09. The summed E-state index contributed by atoms with van der Waals surface area (Å²) in [5, 5.41) is 3.25. The SMILES string of the molecule is CCOP(=O)(OCC)C(CCN(OCc1ccccc1)C(C)=O)c1cccs1. The van der Waals surface area contributed by atoms with Gasteiger partial charge in [0.15, 0.2) is 0 Å². The summed E-state index contributed by atoms with van der Waals surface area (Å²) >= 11 is 1.50. The molecule has 1 aromatic carbocycles. The second kappa shape index (κ2) is 11.5. The first-order valence-electron chi connectivity index (χ1n) is 9.37. The Balaban J connectivity index is 2.11. The molecule has 0 saturated heterocycles. The summed E-state index contributed by atoms with van der Waals surface area (Å²) in [5.74, 6) is -0.205. The van der Waals surface area contributed by atoms with E-state index in [1.165, 1.54) is 23.3 Å². The summed E-state index contributed by atoms with van der Waals surface area (Å²) in [6, 6.07) is 13.5. The maximum absolute atomic E-state index is 13.4. The minimum Gasteiger partial charge on any atom is -0.308 e. The van der Waals surface area contributed by atoms with Crippen molar-refractivity contribution in [3.05, 3.63) is 58.3 Å². The molecular formula is C20H28NO5PS. The average Bonchev–Trinajstić information content (AvgIpc) is 3.19. The highest BCUT2D eigenvalue weighted by Crippen LogP contribution is 2.63. The predicted molar refractivity (Wildman–Crippen MR) is 111 cm³/mol. The van der Waals surface area contributed by atoms with Gasteiger partial charge in [-0.3, -0.25) is 14.2 Å². The maximum Gasteiger partial charge on any atom is 0.338 e. The number of amides is 1. The van der Waals surface area contributed by atoms with E-state index in [1.807, 2.05) is 47.8 Å². The Kier molecular flexibility index (Phi) is 9.35. The number of nitrogens with zero attached hydrogens (tertiary/aromatic N) is 1. The van der Waals surface area contributed by atoms with Crippen molar-refractivity contribution in [3.63, 3.8) is 0 Å². The van der Waals surface area contributed by atoms with E-state index in [2.05, 4.69) is 0 Å². The molecule has 0 saturated carbocycles. The lowest BCUT2D eigenvalue weighted by molar-refractivity contribution is -0.189. The molecule has 2 aromatic rings. The van der Waals surface area contributed by atoms with Gasteiger partial charge in [-0.2, -0.15) is 0 Å². The molecule has 0 spiro atoms. The summed E-state index contributed by atoms with van der Waals surface area (Å²) in [6.07, 6.45) is 0.409. The van der Waals surface area contributed by atoms with Crippen LogP contribution >= 0.6 is 18.9 Å². The van der Waals surface area contributed by atoms with Crippen LogP contribution in [0.3, 0.4) is 0 Å². The molecule has 0 N–H and O–H groups in total. The van der Waals surface area contributed by atoms with E-state index in [0.29, 0.717) is 26.2 Å². The second-order valence-corrected chi connectivity index (χ2v) is 9.27. The Morgan fingerprint density at radius 2 is 1.79 bits per heavy atom. The third-order valence-electron chi connectivity index (χ3n) is 4.06. The zero-order chi connectivity index (χ0) is 20.4. The minimum atomic E-state index is -3.36. The molecule has 6 nitrogen and oxygen atoms in total. The van der Waals surface area contributed by atoms with Crippen LogP contribution in [0.5, 0.6) is 0 Å². The van der Waals surface area contributed by atoms with Crippen molar-refractivity contribution in [3.8, 4) is 0 Å². The van der Waals surface area contributed by atoms with Crippen LogP contribution in [-0.4, -0.2) is 30.7 Å². The van der Waals surface area contributed by atoms with Crippen molar-refractivity contribution in [2.24, 2.45) is 0 Å². The Bertz CT molecular complexity index is 743. The topological polar surface area (TPSA) is 65.1 Å². The lowest BCUT2D eigenvalue weighted by Crippen LogP contribution is -2.31. The molecule has 0 radical (unpaired) electrons. The number of hydrogen-bond donors (Lipinski definition) is 0. The zero-order valence-electron chi connectivity index (χ0n) is 16.6. The zero-order valence-corrected chi connectivity index (χ0v) is 18.3. The highest BCUT2D eigenvalue weighted by atomic mass is 32.1. The summed E-state index contributed by atoms with van der Waals surface area (Å²) in [7, 11) is -3.36. The molecule has 0 fully saturated rings. The van der Waals surface area contributed by atoms with E-state index in [1.54, 1.807) is 13.8 Å². The van der Waals surface area contributed by atoms with Gasteiger partial charge in [0.1, 0.15) is 6.61 Å². The molecule has 1 atom stereocenters. The summed E-state index contributed by atoms with van der Waals surface area (Å²) < 4.78 is 24.5. The molecule has 0 aliphatic carbocycles. The van der Waals surface area contributed by atoms with Gasteiger partial charge < -0.3 is 9.05 Å². The number of carbonyl (C=O) groups is 1. The molecule has 0 bridgehead atoms. The fraction of sp³-hybridized carbons (Fsp3) is 0.450. The molecule has 1 amide bonds. The molecule has 2 rings (SSSR count). The summed E-state index contributed by atoms with van der Waals surface area (Å²) in [4.78, 5) is 18.7. The van der Waals surface area contributed by atoms with Crippen LogP contribution in [0.1, 0.15) is 43.3 Å². The van der Waals surface area contributed by atoms with E-state index < -0.39 is 13.3 Å². The Morgan fingerprint density at radius 3 is 2.32 bits per heavy atom. The van der Waals surface area contributed by atoms with Crippen LogP contribution in [0, 0.1) is 0 Å². The first-order chi connectivity index (χ1) is 13.5. The van der Waals surface area contributed by atoms with Crippen LogP contribution in [0.4, 0.5) is 0 Å². The van der Waals surface area contributed by atoms with Crippen LogP contribution in [0.15, 0.2) is 47.8 Å². The van der Waals surface area contributed by atoms with Crippen LogP contribution in [0.2, 0.25) is 0 Å². The Morgan fingerprint density at radius 1 is 1.11 bits per heavy atom. The molecule has 28 heavy (non-hydrogen) atoms. The normalized spacial score (nSPS) is 12.7. The molecule has 0 aliphatic rings. The minimum absolute atomic E-state index is 0.205. The Hall–Kier alpha value is -1.50. The molecule has 1 unspecified atom stereocenters.